The standard InChI is InChI=1S/C29H35N3O3/c1-30-13-12-24-18-27(29(34)35-5)25-11-10-23(17-26(25)28(24)20-33)22-9-6-8-21(16-22)19-32(4)15-7-14-31(2)3/h6,8-13,16-18,20,30H,7,14-15,19H2,1-5H3/b13-12-. The molecule has 0 bridgehead atoms. The second-order valence-electron chi connectivity index (χ2n) is 9.01. The van der Waals surface area contributed by atoms with Crippen molar-refractivity contribution in [3.63, 3.8) is 0 Å². The molecule has 0 aliphatic heterocycles. The number of aldehydes is 1. The van der Waals surface area contributed by atoms with Crippen molar-refractivity contribution in [2.75, 3.05) is 48.4 Å². The molecule has 0 unspecified atom stereocenters. The molecule has 3 aromatic carbocycles. The van der Waals surface area contributed by atoms with Crippen LogP contribution in [0.1, 0.15) is 38.3 Å². The molecule has 0 radical (unpaired) electrons. The molecule has 0 amide bonds. The number of fused-ring (bicyclic) bond motifs is 1. The van der Waals surface area contributed by atoms with Crippen molar-refractivity contribution in [1.82, 2.24) is 15.1 Å². The van der Waals surface area contributed by atoms with Gasteiger partial charge in [0.2, 0.25) is 0 Å². The second kappa shape index (κ2) is 12.3. The van der Waals surface area contributed by atoms with Gasteiger partial charge in [0.25, 0.3) is 0 Å². The molecular formula is C29H35N3O3. The van der Waals surface area contributed by atoms with E-state index in [1.165, 1.54) is 12.7 Å². The van der Waals surface area contributed by atoms with E-state index in [-0.39, 0.29) is 0 Å². The number of carbonyl (C=O) groups is 2. The fourth-order valence-corrected chi connectivity index (χ4v) is 4.27. The Morgan fingerprint density at radius 2 is 1.77 bits per heavy atom. The van der Waals surface area contributed by atoms with Gasteiger partial charge in [-0.25, -0.2) is 4.79 Å². The highest BCUT2D eigenvalue weighted by atomic mass is 16.5. The maximum atomic E-state index is 12.5. The van der Waals surface area contributed by atoms with Crippen LogP contribution in [-0.4, -0.2) is 70.4 Å². The number of hydrogen-bond acceptors (Lipinski definition) is 6. The van der Waals surface area contributed by atoms with Crippen LogP contribution in [-0.2, 0) is 11.3 Å². The summed E-state index contributed by atoms with van der Waals surface area (Å²) in [7, 11) is 9.48. The Hall–Kier alpha value is -3.48. The van der Waals surface area contributed by atoms with Gasteiger partial charge in [-0.3, -0.25) is 4.79 Å². The maximum absolute atomic E-state index is 12.5. The molecule has 0 atom stereocenters. The lowest BCUT2D eigenvalue weighted by atomic mass is 9.92. The molecule has 35 heavy (non-hydrogen) atoms. The Labute approximate surface area is 208 Å². The second-order valence-corrected chi connectivity index (χ2v) is 9.01. The van der Waals surface area contributed by atoms with Crippen molar-refractivity contribution < 1.29 is 14.3 Å². The van der Waals surface area contributed by atoms with E-state index in [1.807, 2.05) is 18.2 Å². The minimum Gasteiger partial charge on any atom is -0.465 e. The maximum Gasteiger partial charge on any atom is 0.338 e. The van der Waals surface area contributed by atoms with Gasteiger partial charge in [-0.1, -0.05) is 30.3 Å². The van der Waals surface area contributed by atoms with E-state index in [1.54, 1.807) is 25.4 Å². The summed E-state index contributed by atoms with van der Waals surface area (Å²) in [5, 5.41) is 4.36. The normalized spacial score (nSPS) is 11.5. The number of nitrogens with zero attached hydrogens (tertiary/aromatic N) is 2. The summed E-state index contributed by atoms with van der Waals surface area (Å²) in [6.07, 6.45) is 5.49. The first-order chi connectivity index (χ1) is 16.9. The van der Waals surface area contributed by atoms with Crippen molar-refractivity contribution in [3.05, 3.63) is 77.0 Å². The predicted octanol–water partition coefficient (Wildman–Crippen LogP) is 4.68. The number of nitrogens with one attached hydrogen (secondary N) is 1. The van der Waals surface area contributed by atoms with Gasteiger partial charge in [-0.05, 0) is 104 Å². The average Bonchev–Trinajstić information content (AvgIpc) is 2.85. The number of ether oxygens (including phenoxy) is 1. The summed E-state index contributed by atoms with van der Waals surface area (Å²) in [6, 6.07) is 16.1. The van der Waals surface area contributed by atoms with Gasteiger partial charge < -0.3 is 19.9 Å². The average molecular weight is 474 g/mol. The zero-order chi connectivity index (χ0) is 25.4. The molecule has 0 spiro atoms. The van der Waals surface area contributed by atoms with E-state index in [9.17, 15) is 9.59 Å². The molecule has 0 aliphatic carbocycles. The van der Waals surface area contributed by atoms with E-state index >= 15 is 0 Å². The first kappa shape index (κ1) is 26.1. The molecule has 6 heteroatoms. The Balaban J connectivity index is 2.01. The topological polar surface area (TPSA) is 61.9 Å². The smallest absolute Gasteiger partial charge is 0.338 e. The van der Waals surface area contributed by atoms with Gasteiger partial charge in [0, 0.05) is 19.2 Å². The third-order valence-electron chi connectivity index (χ3n) is 6.02. The molecule has 0 fully saturated rings. The summed E-state index contributed by atoms with van der Waals surface area (Å²) in [6.45, 7) is 2.96. The van der Waals surface area contributed by atoms with Gasteiger partial charge in [-0.15, -0.1) is 0 Å². The zero-order valence-electron chi connectivity index (χ0n) is 21.3. The Kier molecular flexibility index (Phi) is 9.18. The Morgan fingerprint density at radius 1 is 1.00 bits per heavy atom. The molecule has 6 nitrogen and oxygen atoms in total. The van der Waals surface area contributed by atoms with E-state index in [4.69, 9.17) is 4.74 Å². The van der Waals surface area contributed by atoms with Crippen LogP contribution in [0.5, 0.6) is 0 Å². The third kappa shape index (κ3) is 6.56. The van der Waals surface area contributed by atoms with Crippen LogP contribution >= 0.6 is 0 Å². The molecule has 0 saturated heterocycles. The lowest BCUT2D eigenvalue weighted by Gasteiger charge is -2.18. The van der Waals surface area contributed by atoms with E-state index in [2.05, 4.69) is 60.5 Å². The Bertz CT molecular complexity index is 1220. The monoisotopic (exact) mass is 473 g/mol. The minimum absolute atomic E-state index is 0.432. The highest BCUT2D eigenvalue weighted by Crippen LogP contribution is 2.32. The van der Waals surface area contributed by atoms with Crippen LogP contribution in [0.4, 0.5) is 0 Å². The van der Waals surface area contributed by atoms with Gasteiger partial charge >= 0.3 is 5.97 Å². The molecule has 0 aliphatic rings. The fourth-order valence-electron chi connectivity index (χ4n) is 4.27. The van der Waals surface area contributed by atoms with Crippen molar-refractivity contribution in [3.8, 4) is 11.1 Å². The van der Waals surface area contributed by atoms with Gasteiger partial charge in [0.05, 0.1) is 12.7 Å². The SMILES string of the molecule is CN/C=C\c1cc(C(=O)OC)c2ccc(-c3cccc(CN(C)CCCN(C)C)c3)cc2c1C=O. The first-order valence-electron chi connectivity index (χ1n) is 11.8. The number of methoxy groups -OCH3 is 1. The molecule has 184 valence electrons. The number of rotatable bonds is 11. The summed E-state index contributed by atoms with van der Waals surface area (Å²) in [5.74, 6) is -0.432. The predicted molar refractivity (Wildman–Crippen MR) is 144 cm³/mol. The molecule has 0 aromatic heterocycles. The highest BCUT2D eigenvalue weighted by Gasteiger charge is 2.17. The summed E-state index contributed by atoms with van der Waals surface area (Å²) < 4.78 is 5.01. The molecular weight excluding hydrogens is 438 g/mol. The zero-order valence-corrected chi connectivity index (χ0v) is 21.3. The molecule has 3 aromatic rings. The fraction of sp³-hybridized carbons (Fsp3) is 0.310. The van der Waals surface area contributed by atoms with Crippen molar-refractivity contribution in [2.45, 2.75) is 13.0 Å². The van der Waals surface area contributed by atoms with Gasteiger partial charge in [0.15, 0.2) is 6.29 Å². The highest BCUT2D eigenvalue weighted by molar-refractivity contribution is 6.12. The largest absolute Gasteiger partial charge is 0.465 e. The lowest BCUT2D eigenvalue weighted by molar-refractivity contribution is 0.0602. The van der Waals surface area contributed by atoms with E-state index in [0.29, 0.717) is 22.1 Å². The quantitative estimate of drug-likeness (QED) is 0.322. The summed E-state index contributed by atoms with van der Waals surface area (Å²) >= 11 is 0. The number of benzene rings is 3. The Morgan fingerprint density at radius 3 is 2.46 bits per heavy atom. The van der Waals surface area contributed by atoms with Gasteiger partial charge in [-0.2, -0.15) is 0 Å². The van der Waals surface area contributed by atoms with Gasteiger partial charge in [0.1, 0.15) is 0 Å². The van der Waals surface area contributed by atoms with Crippen LogP contribution in [0.2, 0.25) is 0 Å². The van der Waals surface area contributed by atoms with Crippen LogP contribution in [0.3, 0.4) is 0 Å². The van der Waals surface area contributed by atoms with Crippen LogP contribution in [0.25, 0.3) is 28.0 Å². The van der Waals surface area contributed by atoms with Crippen molar-refractivity contribution in [1.29, 1.82) is 0 Å². The van der Waals surface area contributed by atoms with E-state index in [0.717, 1.165) is 48.9 Å². The van der Waals surface area contributed by atoms with Crippen LogP contribution < -0.4 is 5.32 Å². The van der Waals surface area contributed by atoms with Crippen molar-refractivity contribution >= 4 is 29.1 Å². The number of hydrogen-bond donors (Lipinski definition) is 1. The van der Waals surface area contributed by atoms with Crippen molar-refractivity contribution in [2.24, 2.45) is 0 Å². The molecule has 0 heterocycles. The summed E-state index contributed by atoms with van der Waals surface area (Å²) in [4.78, 5) is 29.2. The molecule has 3 rings (SSSR count). The lowest BCUT2D eigenvalue weighted by Crippen LogP contribution is -2.23. The first-order valence-corrected chi connectivity index (χ1v) is 11.8. The van der Waals surface area contributed by atoms with Crippen LogP contribution in [0.15, 0.2) is 54.7 Å². The summed E-state index contributed by atoms with van der Waals surface area (Å²) in [5.41, 5.74) is 4.92. The number of esters is 1. The minimum atomic E-state index is -0.432. The molecule has 1 N–H and O–H groups in total. The molecule has 0 saturated carbocycles. The third-order valence-corrected chi connectivity index (χ3v) is 6.02. The van der Waals surface area contributed by atoms with E-state index < -0.39 is 5.97 Å². The van der Waals surface area contributed by atoms with Crippen LogP contribution in [0, 0.1) is 0 Å². The number of carbonyl (C=O) groups excluding carboxylic acids is 2.